The third kappa shape index (κ3) is 1.20. The highest BCUT2D eigenvalue weighted by Gasteiger charge is 2.24. The van der Waals surface area contributed by atoms with E-state index in [9.17, 15) is 4.79 Å². The van der Waals surface area contributed by atoms with Gasteiger partial charge in [-0.3, -0.25) is 9.69 Å². The van der Waals surface area contributed by atoms with Gasteiger partial charge in [0.2, 0.25) is 5.91 Å². The minimum absolute atomic E-state index is 0.186. The second-order valence-corrected chi connectivity index (χ2v) is 2.82. The molecule has 4 nitrogen and oxygen atoms in total. The van der Waals surface area contributed by atoms with Crippen molar-refractivity contribution in [2.24, 2.45) is 4.99 Å². The van der Waals surface area contributed by atoms with E-state index < -0.39 is 0 Å². The largest absolute Gasteiger partial charge is 0.375 e. The number of aliphatic imine (C=N–C) groups is 1. The van der Waals surface area contributed by atoms with Crippen LogP contribution in [0.4, 0.5) is 0 Å². The molecule has 1 fully saturated rings. The number of amidine groups is 1. The van der Waals surface area contributed by atoms with Crippen LogP contribution in [0.1, 0.15) is 12.8 Å². The van der Waals surface area contributed by atoms with Gasteiger partial charge in [0.25, 0.3) is 0 Å². The molecule has 1 radical (unpaired) electrons. The molecule has 12 heavy (non-hydrogen) atoms. The number of hydrogen-bond donors (Lipinski definition) is 1. The lowest BCUT2D eigenvalue weighted by Gasteiger charge is -2.19. The van der Waals surface area contributed by atoms with Crippen molar-refractivity contribution in [3.8, 4) is 0 Å². The van der Waals surface area contributed by atoms with Gasteiger partial charge in [0, 0.05) is 13.0 Å². The van der Waals surface area contributed by atoms with E-state index in [0.717, 1.165) is 18.8 Å². The van der Waals surface area contributed by atoms with E-state index in [2.05, 4.69) is 16.5 Å². The lowest BCUT2D eigenvalue weighted by atomic mass is 10.4. The summed E-state index contributed by atoms with van der Waals surface area (Å²) in [4.78, 5) is 17.1. The predicted octanol–water partition coefficient (Wildman–Crippen LogP) is -0.115. The van der Waals surface area contributed by atoms with Crippen LogP contribution in [0.2, 0.25) is 0 Å². The number of nitrogens with one attached hydrogen (secondary N) is 1. The number of nitrogens with zero attached hydrogens (tertiary/aromatic N) is 2. The molecule has 0 aromatic rings. The summed E-state index contributed by atoms with van der Waals surface area (Å²) in [6, 6.07) is 0. The van der Waals surface area contributed by atoms with Crippen LogP contribution in [0.3, 0.4) is 0 Å². The van der Waals surface area contributed by atoms with Gasteiger partial charge in [0.1, 0.15) is 5.84 Å². The van der Waals surface area contributed by atoms with Crippen molar-refractivity contribution in [1.29, 1.82) is 0 Å². The highest BCUT2D eigenvalue weighted by atomic mass is 16.2. The first-order chi connectivity index (χ1) is 5.88. The van der Waals surface area contributed by atoms with Gasteiger partial charge >= 0.3 is 0 Å². The summed E-state index contributed by atoms with van der Waals surface area (Å²) in [6.45, 7) is 1.43. The molecule has 0 atom stereocenters. The van der Waals surface area contributed by atoms with E-state index in [1.165, 1.54) is 0 Å². The fraction of sp³-hybridized carbons (Fsp3) is 0.500. The van der Waals surface area contributed by atoms with Crippen LogP contribution in [0.15, 0.2) is 11.2 Å². The van der Waals surface area contributed by atoms with Crippen LogP contribution >= 0.6 is 0 Å². The fourth-order valence-electron chi connectivity index (χ4n) is 1.41. The van der Waals surface area contributed by atoms with Crippen molar-refractivity contribution in [3.05, 3.63) is 12.4 Å². The molecule has 2 rings (SSSR count). The molecule has 4 heteroatoms. The van der Waals surface area contributed by atoms with E-state index in [1.54, 1.807) is 11.1 Å². The summed E-state index contributed by atoms with van der Waals surface area (Å²) < 4.78 is 0. The van der Waals surface area contributed by atoms with Crippen molar-refractivity contribution in [2.45, 2.75) is 12.8 Å². The maximum absolute atomic E-state index is 11.3. The van der Waals surface area contributed by atoms with Crippen LogP contribution in [-0.4, -0.2) is 29.7 Å². The summed E-state index contributed by atoms with van der Waals surface area (Å²) in [5.74, 6) is 1.00. The SMILES string of the molecule is O=C1CCCN1C1=NC=[C]NC1. The molecule has 2 aliphatic rings. The van der Waals surface area contributed by atoms with Gasteiger partial charge in [-0.1, -0.05) is 0 Å². The van der Waals surface area contributed by atoms with Crippen LogP contribution in [0.5, 0.6) is 0 Å². The number of carbonyl (C=O) groups is 1. The van der Waals surface area contributed by atoms with Gasteiger partial charge in [-0.2, -0.15) is 0 Å². The Hall–Kier alpha value is -1.32. The molecule has 0 aromatic carbocycles. The monoisotopic (exact) mass is 164 g/mol. The highest BCUT2D eigenvalue weighted by molar-refractivity contribution is 6.00. The number of likely N-dealkylation sites (tertiary alicyclic amines) is 1. The van der Waals surface area contributed by atoms with E-state index >= 15 is 0 Å². The van der Waals surface area contributed by atoms with Crippen LogP contribution < -0.4 is 5.32 Å². The second-order valence-electron chi connectivity index (χ2n) is 2.82. The molecular formula is C8H10N3O. The van der Waals surface area contributed by atoms with Gasteiger partial charge in [-0.05, 0) is 6.42 Å². The maximum atomic E-state index is 11.3. The zero-order valence-electron chi connectivity index (χ0n) is 6.71. The van der Waals surface area contributed by atoms with Gasteiger partial charge in [-0.25, -0.2) is 4.99 Å². The number of carbonyl (C=O) groups excluding carboxylic acids is 1. The second kappa shape index (κ2) is 2.97. The van der Waals surface area contributed by atoms with Crippen LogP contribution in [-0.2, 0) is 4.79 Å². The molecule has 1 amide bonds. The minimum atomic E-state index is 0.186. The van der Waals surface area contributed by atoms with Gasteiger partial charge in [-0.15, -0.1) is 0 Å². The van der Waals surface area contributed by atoms with E-state index in [1.807, 2.05) is 0 Å². The molecule has 0 bridgehead atoms. The van der Waals surface area contributed by atoms with Gasteiger partial charge in [0.15, 0.2) is 0 Å². The molecule has 63 valence electrons. The smallest absolute Gasteiger partial charge is 0.228 e. The zero-order valence-corrected chi connectivity index (χ0v) is 6.71. The lowest BCUT2D eigenvalue weighted by Crippen LogP contribution is -2.39. The summed E-state index contributed by atoms with van der Waals surface area (Å²) in [6.07, 6.45) is 5.92. The summed E-state index contributed by atoms with van der Waals surface area (Å²) in [5.41, 5.74) is 0. The first-order valence-electron chi connectivity index (χ1n) is 4.05. The lowest BCUT2D eigenvalue weighted by molar-refractivity contribution is -0.124. The first kappa shape index (κ1) is 7.34. The minimum Gasteiger partial charge on any atom is -0.375 e. The van der Waals surface area contributed by atoms with Crippen molar-refractivity contribution in [3.63, 3.8) is 0 Å². The molecule has 0 aliphatic carbocycles. The summed E-state index contributed by atoms with van der Waals surface area (Å²) in [7, 11) is 0. The van der Waals surface area contributed by atoms with E-state index in [-0.39, 0.29) is 5.91 Å². The Labute approximate surface area is 71.0 Å². The number of rotatable bonds is 0. The highest BCUT2D eigenvalue weighted by Crippen LogP contribution is 2.10. The molecule has 0 aromatic heterocycles. The molecule has 0 unspecified atom stereocenters. The maximum Gasteiger partial charge on any atom is 0.228 e. The standard InChI is InChI=1S/C8H10N3O/c12-8-2-1-5-11(8)7-6-9-3-4-10-7/h4,9H,1-2,5-6H2. The summed E-state index contributed by atoms with van der Waals surface area (Å²) in [5, 5.41) is 2.90. The number of hydrogen-bond acceptors (Lipinski definition) is 3. The number of amides is 1. The quantitative estimate of drug-likeness (QED) is 0.542. The molecule has 0 saturated carbocycles. The first-order valence-corrected chi connectivity index (χ1v) is 4.05. The average molecular weight is 164 g/mol. The Morgan fingerprint density at radius 3 is 3.17 bits per heavy atom. The molecule has 2 heterocycles. The average Bonchev–Trinajstić information content (AvgIpc) is 2.53. The van der Waals surface area contributed by atoms with Gasteiger partial charge < -0.3 is 5.32 Å². The Morgan fingerprint density at radius 2 is 2.58 bits per heavy atom. The van der Waals surface area contributed by atoms with Gasteiger partial charge in [0.05, 0.1) is 18.9 Å². The van der Waals surface area contributed by atoms with Crippen molar-refractivity contribution in [1.82, 2.24) is 10.2 Å². The van der Waals surface area contributed by atoms with Crippen LogP contribution in [0, 0.1) is 6.20 Å². The Balaban J connectivity index is 2.12. The van der Waals surface area contributed by atoms with Crippen molar-refractivity contribution >= 4 is 11.7 Å². The predicted molar refractivity (Wildman–Crippen MR) is 44.2 cm³/mol. The molecule has 1 saturated heterocycles. The van der Waals surface area contributed by atoms with Crippen molar-refractivity contribution in [2.75, 3.05) is 13.1 Å². The Bertz CT molecular complexity index is 257. The fourth-order valence-corrected chi connectivity index (χ4v) is 1.41. The topological polar surface area (TPSA) is 44.7 Å². The molecule has 2 aliphatic heterocycles. The van der Waals surface area contributed by atoms with Crippen molar-refractivity contribution < 1.29 is 4.79 Å². The molecule has 0 spiro atoms. The molecular weight excluding hydrogens is 154 g/mol. The Morgan fingerprint density at radius 1 is 1.67 bits per heavy atom. The van der Waals surface area contributed by atoms with E-state index in [4.69, 9.17) is 0 Å². The summed E-state index contributed by atoms with van der Waals surface area (Å²) >= 11 is 0. The normalized spacial score (nSPS) is 22.5. The van der Waals surface area contributed by atoms with E-state index in [0.29, 0.717) is 13.0 Å². The third-order valence-corrected chi connectivity index (χ3v) is 2.01. The molecule has 1 N–H and O–H groups in total. The zero-order chi connectivity index (χ0) is 8.39. The third-order valence-electron chi connectivity index (χ3n) is 2.01. The van der Waals surface area contributed by atoms with Crippen LogP contribution in [0.25, 0.3) is 0 Å². The Kier molecular flexibility index (Phi) is 1.81.